The fourth-order valence-electron chi connectivity index (χ4n) is 5.13. The van der Waals surface area contributed by atoms with Crippen LogP contribution in [0, 0.1) is 18.6 Å². The number of piperazine rings is 1. The fraction of sp³-hybridized carbons (Fsp3) is 0.500. The molecule has 0 radical (unpaired) electrons. The van der Waals surface area contributed by atoms with Crippen molar-refractivity contribution in [2.24, 2.45) is 0 Å². The molecule has 0 spiro atoms. The molecule has 0 unspecified atom stereocenters. The highest BCUT2D eigenvalue weighted by Crippen LogP contribution is 2.18. The number of hydrogen-bond donors (Lipinski definition) is 3. The number of carbonyl (C=O) groups excluding carboxylic acids is 3. The lowest BCUT2D eigenvalue weighted by Gasteiger charge is -2.37. The Morgan fingerprint density at radius 2 is 1.68 bits per heavy atom. The molecule has 1 aliphatic heterocycles. The van der Waals surface area contributed by atoms with E-state index in [1.807, 2.05) is 20.8 Å². The van der Waals surface area contributed by atoms with E-state index in [4.69, 9.17) is 0 Å². The number of aryl methyl sites for hydroxylation is 1. The maximum atomic E-state index is 14.0. The zero-order chi connectivity index (χ0) is 29.4. The van der Waals surface area contributed by atoms with E-state index in [0.717, 1.165) is 31.0 Å². The van der Waals surface area contributed by atoms with Crippen LogP contribution in [0.1, 0.15) is 65.5 Å². The van der Waals surface area contributed by atoms with Crippen LogP contribution in [0.4, 0.5) is 8.78 Å². The Morgan fingerprint density at radius 1 is 1.05 bits per heavy atom. The van der Waals surface area contributed by atoms with Crippen molar-refractivity contribution in [2.45, 2.75) is 65.1 Å². The highest BCUT2D eigenvalue weighted by molar-refractivity contribution is 6.00. The predicted molar refractivity (Wildman–Crippen MR) is 149 cm³/mol. The van der Waals surface area contributed by atoms with E-state index in [0.29, 0.717) is 43.9 Å². The van der Waals surface area contributed by atoms with Crippen molar-refractivity contribution in [1.29, 1.82) is 0 Å². The standard InChI is InChI=1S/C30H40F2N4O4/c1-5-9-36(10-6-2)29(39)22-13-19(4)12-21(17-22)28(38)34-25(16-20-14-23(31)18-24(32)15-20)27(37)26-30(40)35(7-3)11-8-33-26/h12-15,17-18,25-27,33,37H,5-11,16H2,1-4H3,(H,34,38)/t25-,26-,27-/m0/s1. The van der Waals surface area contributed by atoms with Crippen molar-refractivity contribution < 1.29 is 28.3 Å². The molecule has 3 atom stereocenters. The molecule has 1 fully saturated rings. The first-order valence-corrected chi connectivity index (χ1v) is 13.9. The number of aliphatic hydroxyl groups excluding tert-OH is 1. The van der Waals surface area contributed by atoms with Gasteiger partial charge in [0.05, 0.1) is 12.1 Å². The Labute approximate surface area is 234 Å². The molecule has 3 N–H and O–H groups in total. The minimum Gasteiger partial charge on any atom is -0.389 e. The van der Waals surface area contributed by atoms with Gasteiger partial charge >= 0.3 is 0 Å². The minimum absolute atomic E-state index is 0.127. The summed E-state index contributed by atoms with van der Waals surface area (Å²) in [5.74, 6) is -2.65. The second-order valence-electron chi connectivity index (χ2n) is 10.3. The van der Waals surface area contributed by atoms with E-state index in [2.05, 4.69) is 10.6 Å². The van der Waals surface area contributed by atoms with Gasteiger partial charge in [0.2, 0.25) is 5.91 Å². The van der Waals surface area contributed by atoms with E-state index >= 15 is 0 Å². The first kappa shape index (κ1) is 31.2. The molecule has 0 bridgehead atoms. The number of carbonyl (C=O) groups is 3. The lowest BCUT2D eigenvalue weighted by atomic mass is 9.93. The molecule has 3 rings (SSSR count). The second-order valence-corrected chi connectivity index (χ2v) is 10.3. The molecule has 2 aromatic carbocycles. The number of halogens is 2. The van der Waals surface area contributed by atoms with Crippen LogP contribution in [0.5, 0.6) is 0 Å². The Bertz CT molecular complexity index is 1180. The van der Waals surface area contributed by atoms with E-state index in [1.54, 1.807) is 28.9 Å². The molecule has 10 heteroatoms. The summed E-state index contributed by atoms with van der Waals surface area (Å²) in [6.07, 6.45) is 0.0771. The van der Waals surface area contributed by atoms with E-state index in [-0.39, 0.29) is 29.4 Å². The normalized spacial score (nSPS) is 16.9. The molecular formula is C30H40F2N4O4. The molecular weight excluding hydrogens is 518 g/mol. The number of aliphatic hydroxyl groups is 1. The number of benzene rings is 2. The number of rotatable bonds is 12. The average molecular weight is 559 g/mol. The summed E-state index contributed by atoms with van der Waals surface area (Å²) in [7, 11) is 0. The minimum atomic E-state index is -1.40. The predicted octanol–water partition coefficient (Wildman–Crippen LogP) is 3.06. The summed E-state index contributed by atoms with van der Waals surface area (Å²) in [5, 5.41) is 17.1. The molecule has 8 nitrogen and oxygen atoms in total. The van der Waals surface area contributed by atoms with E-state index < -0.39 is 35.7 Å². The van der Waals surface area contributed by atoms with Crippen LogP contribution < -0.4 is 10.6 Å². The van der Waals surface area contributed by atoms with Crippen LogP contribution in [0.25, 0.3) is 0 Å². The van der Waals surface area contributed by atoms with Crippen molar-refractivity contribution in [3.63, 3.8) is 0 Å². The maximum Gasteiger partial charge on any atom is 0.253 e. The van der Waals surface area contributed by atoms with Crippen LogP contribution in [0.3, 0.4) is 0 Å². The van der Waals surface area contributed by atoms with Gasteiger partial charge in [-0.2, -0.15) is 0 Å². The molecule has 2 aromatic rings. The lowest BCUT2D eigenvalue weighted by Crippen LogP contribution is -2.64. The Morgan fingerprint density at radius 3 is 2.27 bits per heavy atom. The molecule has 40 heavy (non-hydrogen) atoms. The SMILES string of the molecule is CCCN(CCC)C(=O)c1cc(C)cc(C(=O)N[C@@H](Cc2cc(F)cc(F)c2)[C@H](O)[C@@H]2NCCN(CC)C2=O)c1. The zero-order valence-corrected chi connectivity index (χ0v) is 23.7. The van der Waals surface area contributed by atoms with Gasteiger partial charge in [0, 0.05) is 49.9 Å². The number of likely N-dealkylation sites (N-methyl/N-ethyl adjacent to an activating group) is 1. The van der Waals surface area contributed by atoms with Crippen LogP contribution in [-0.4, -0.2) is 83.5 Å². The van der Waals surface area contributed by atoms with Crippen molar-refractivity contribution in [3.05, 3.63) is 70.3 Å². The molecule has 0 aliphatic carbocycles. The summed E-state index contributed by atoms with van der Waals surface area (Å²) in [6.45, 7) is 10.2. The maximum absolute atomic E-state index is 14.0. The Hall–Kier alpha value is -3.37. The molecule has 1 saturated heterocycles. The molecule has 3 amide bonds. The van der Waals surface area contributed by atoms with Crippen LogP contribution in [0.15, 0.2) is 36.4 Å². The first-order valence-electron chi connectivity index (χ1n) is 13.9. The summed E-state index contributed by atoms with van der Waals surface area (Å²) >= 11 is 0. The van der Waals surface area contributed by atoms with Gasteiger partial charge < -0.3 is 25.5 Å². The molecule has 0 saturated carbocycles. The Kier molecular flexibility index (Phi) is 11.2. The fourth-order valence-corrected chi connectivity index (χ4v) is 5.13. The first-order chi connectivity index (χ1) is 19.1. The highest BCUT2D eigenvalue weighted by atomic mass is 19.1. The average Bonchev–Trinajstić information content (AvgIpc) is 2.91. The van der Waals surface area contributed by atoms with Gasteiger partial charge in [-0.05, 0) is 74.6 Å². The van der Waals surface area contributed by atoms with Crippen LogP contribution >= 0.6 is 0 Å². The third-order valence-electron chi connectivity index (χ3n) is 7.01. The second kappa shape index (κ2) is 14.3. The largest absolute Gasteiger partial charge is 0.389 e. The molecule has 0 aromatic heterocycles. The summed E-state index contributed by atoms with van der Waals surface area (Å²) in [6, 6.07) is 5.79. The van der Waals surface area contributed by atoms with Crippen molar-refractivity contribution in [1.82, 2.24) is 20.4 Å². The molecule has 1 heterocycles. The smallest absolute Gasteiger partial charge is 0.253 e. The Balaban J connectivity index is 1.92. The van der Waals surface area contributed by atoms with Gasteiger partial charge in [-0.15, -0.1) is 0 Å². The zero-order valence-electron chi connectivity index (χ0n) is 23.7. The summed E-state index contributed by atoms with van der Waals surface area (Å²) in [5.41, 5.74) is 1.50. The van der Waals surface area contributed by atoms with Crippen molar-refractivity contribution in [3.8, 4) is 0 Å². The summed E-state index contributed by atoms with van der Waals surface area (Å²) in [4.78, 5) is 43.1. The van der Waals surface area contributed by atoms with Crippen LogP contribution in [-0.2, 0) is 11.2 Å². The third kappa shape index (κ3) is 7.85. The van der Waals surface area contributed by atoms with Gasteiger partial charge in [-0.25, -0.2) is 8.78 Å². The topological polar surface area (TPSA) is 102 Å². The monoisotopic (exact) mass is 558 g/mol. The van der Waals surface area contributed by atoms with E-state index in [9.17, 15) is 28.3 Å². The number of amides is 3. The quantitative estimate of drug-likeness (QED) is 0.372. The third-order valence-corrected chi connectivity index (χ3v) is 7.01. The van der Waals surface area contributed by atoms with Crippen LogP contribution in [0.2, 0.25) is 0 Å². The van der Waals surface area contributed by atoms with Crippen molar-refractivity contribution >= 4 is 17.7 Å². The number of nitrogens with one attached hydrogen (secondary N) is 2. The number of hydrogen-bond acceptors (Lipinski definition) is 5. The number of nitrogens with zero attached hydrogens (tertiary/aromatic N) is 2. The van der Waals surface area contributed by atoms with Gasteiger partial charge in [-0.3, -0.25) is 14.4 Å². The highest BCUT2D eigenvalue weighted by Gasteiger charge is 2.38. The van der Waals surface area contributed by atoms with Gasteiger partial charge in [0.1, 0.15) is 17.7 Å². The summed E-state index contributed by atoms with van der Waals surface area (Å²) < 4.78 is 27.9. The van der Waals surface area contributed by atoms with Gasteiger partial charge in [0.25, 0.3) is 11.8 Å². The molecule has 1 aliphatic rings. The van der Waals surface area contributed by atoms with Crippen molar-refractivity contribution in [2.75, 3.05) is 32.7 Å². The lowest BCUT2D eigenvalue weighted by molar-refractivity contribution is -0.139. The van der Waals surface area contributed by atoms with Gasteiger partial charge in [0.15, 0.2) is 0 Å². The van der Waals surface area contributed by atoms with Gasteiger partial charge in [-0.1, -0.05) is 13.8 Å². The molecule has 218 valence electrons. The van der Waals surface area contributed by atoms with E-state index in [1.165, 1.54) is 6.07 Å².